The Hall–Kier alpha value is -3.67. The number of aromatic nitrogens is 3. The smallest absolute Gasteiger partial charge is 0.407 e. The van der Waals surface area contributed by atoms with E-state index in [0.29, 0.717) is 46.8 Å². The van der Waals surface area contributed by atoms with Gasteiger partial charge in [-0.15, -0.1) is 10.2 Å². The van der Waals surface area contributed by atoms with E-state index >= 15 is 0 Å². The third-order valence-corrected chi connectivity index (χ3v) is 10.4. The van der Waals surface area contributed by atoms with E-state index in [4.69, 9.17) is 9.47 Å². The van der Waals surface area contributed by atoms with Crippen LogP contribution in [0.3, 0.4) is 0 Å². The number of hydrogen-bond acceptors (Lipinski definition) is 10. The molecular formula is C35H47FN8O3. The van der Waals surface area contributed by atoms with Gasteiger partial charge in [0, 0.05) is 55.2 Å². The van der Waals surface area contributed by atoms with Crippen LogP contribution < -0.4 is 15.0 Å². The van der Waals surface area contributed by atoms with Gasteiger partial charge in [-0.3, -0.25) is 4.90 Å². The number of rotatable bonds is 9. The van der Waals surface area contributed by atoms with Crippen LogP contribution in [-0.2, 0) is 4.74 Å². The van der Waals surface area contributed by atoms with E-state index in [2.05, 4.69) is 54.3 Å². The largest absolute Gasteiger partial charge is 0.444 e. The molecule has 5 aliphatic rings. The van der Waals surface area contributed by atoms with Gasteiger partial charge in [0.15, 0.2) is 5.82 Å². The number of amides is 1. The van der Waals surface area contributed by atoms with Crippen molar-refractivity contribution in [2.45, 2.75) is 97.2 Å². The van der Waals surface area contributed by atoms with Crippen LogP contribution in [0.2, 0.25) is 0 Å². The number of carbonyl (C=O) groups is 1. The summed E-state index contributed by atoms with van der Waals surface area (Å²) in [5, 5.41) is 20.3. The molecule has 1 N–H and O–H groups in total. The molecule has 0 radical (unpaired) electrons. The summed E-state index contributed by atoms with van der Waals surface area (Å²) in [6, 6.07) is 5.26. The Balaban J connectivity index is 1.00. The highest BCUT2D eigenvalue weighted by Gasteiger charge is 2.53. The lowest BCUT2D eigenvalue weighted by molar-refractivity contribution is -0.0691. The Morgan fingerprint density at radius 3 is 2.60 bits per heavy atom. The molecule has 2 aliphatic carbocycles. The Labute approximate surface area is 276 Å². The molecule has 2 saturated heterocycles. The van der Waals surface area contributed by atoms with Gasteiger partial charge in [0.1, 0.15) is 23.5 Å². The minimum Gasteiger partial charge on any atom is -0.444 e. The number of anilines is 1. The Morgan fingerprint density at radius 2 is 1.89 bits per heavy atom. The minimum atomic E-state index is -0.494. The monoisotopic (exact) mass is 646 g/mol. The Bertz CT molecular complexity index is 1570. The Kier molecular flexibility index (Phi) is 8.21. The van der Waals surface area contributed by atoms with Crippen LogP contribution in [0.4, 0.5) is 15.0 Å². The second-order valence-corrected chi connectivity index (χ2v) is 15.7. The van der Waals surface area contributed by atoms with E-state index < -0.39 is 5.60 Å². The summed E-state index contributed by atoms with van der Waals surface area (Å²) in [6.07, 6.45) is 6.33. The highest BCUT2D eigenvalue weighted by Crippen LogP contribution is 2.48. The second kappa shape index (κ2) is 12.1. The van der Waals surface area contributed by atoms with Gasteiger partial charge >= 0.3 is 6.09 Å². The fourth-order valence-electron chi connectivity index (χ4n) is 8.23. The van der Waals surface area contributed by atoms with E-state index in [-0.39, 0.29) is 29.3 Å². The second-order valence-electron chi connectivity index (χ2n) is 15.7. The molecule has 1 unspecified atom stereocenters. The molecule has 2 saturated carbocycles. The summed E-state index contributed by atoms with van der Waals surface area (Å²) in [6.45, 7) is 16.0. The molecule has 1 amide bonds. The van der Waals surface area contributed by atoms with Gasteiger partial charge < -0.3 is 19.7 Å². The molecule has 3 aliphatic heterocycles. The molecule has 2 atom stereocenters. The van der Waals surface area contributed by atoms with Gasteiger partial charge in [-0.2, -0.15) is 10.2 Å². The molecule has 1 aromatic heterocycles. The van der Waals surface area contributed by atoms with Crippen LogP contribution in [0.1, 0.15) is 85.1 Å². The van der Waals surface area contributed by atoms with E-state index in [1.165, 1.54) is 18.5 Å². The maximum absolute atomic E-state index is 14.6. The number of benzene rings is 1. The zero-order valence-electron chi connectivity index (χ0n) is 28.4. The first kappa shape index (κ1) is 31.9. The third kappa shape index (κ3) is 6.58. The molecule has 4 heterocycles. The summed E-state index contributed by atoms with van der Waals surface area (Å²) in [4.78, 5) is 21.8. The molecule has 47 heavy (non-hydrogen) atoms. The standard InChI is InChI=1S/C35H47FN8O3/c1-20(2)30(23-13-25(14-23)39-33(45)47-34(4,5)6)44-17-35(18-44)11-12-43(16-35)31-32(42-38-19-37-31)46-27-10-9-24(36)15-26(27)28-21(3)40-41-29(28)22-7-8-22/h9-10,15,19-20,22-23,25,28,30H,7-8,11-14,16-18H2,1-6H3,(H,39,45)/t23?,25?,28?,30-/m1/s1. The van der Waals surface area contributed by atoms with Gasteiger partial charge in [-0.1, -0.05) is 13.8 Å². The highest BCUT2D eigenvalue weighted by molar-refractivity contribution is 6.16. The average Bonchev–Trinajstić information content (AvgIpc) is 3.59. The van der Waals surface area contributed by atoms with Crippen molar-refractivity contribution in [1.29, 1.82) is 0 Å². The van der Waals surface area contributed by atoms with Crippen LogP contribution in [0, 0.1) is 29.0 Å². The molecule has 11 nitrogen and oxygen atoms in total. The number of nitrogens with zero attached hydrogens (tertiary/aromatic N) is 7. The van der Waals surface area contributed by atoms with Crippen molar-refractivity contribution in [3.05, 3.63) is 35.9 Å². The van der Waals surface area contributed by atoms with Crippen molar-refractivity contribution < 1.29 is 18.7 Å². The van der Waals surface area contributed by atoms with Crippen LogP contribution >= 0.6 is 0 Å². The summed E-state index contributed by atoms with van der Waals surface area (Å²) < 4.78 is 26.5. The van der Waals surface area contributed by atoms with Gasteiger partial charge in [-0.25, -0.2) is 14.2 Å². The average molecular weight is 647 g/mol. The molecule has 12 heteroatoms. The molecule has 2 aromatic rings. The molecular weight excluding hydrogens is 599 g/mol. The molecule has 1 aromatic carbocycles. The minimum absolute atomic E-state index is 0.177. The summed E-state index contributed by atoms with van der Waals surface area (Å²) >= 11 is 0. The number of carbonyl (C=O) groups excluding carboxylic acids is 1. The summed E-state index contributed by atoms with van der Waals surface area (Å²) in [5.74, 6) is 2.44. The quantitative estimate of drug-likeness (QED) is 0.354. The predicted octanol–water partition coefficient (Wildman–Crippen LogP) is 5.97. The van der Waals surface area contributed by atoms with Crippen molar-refractivity contribution in [3.8, 4) is 11.6 Å². The number of nitrogens with one attached hydrogen (secondary N) is 1. The lowest BCUT2D eigenvalue weighted by Crippen LogP contribution is -2.65. The van der Waals surface area contributed by atoms with E-state index in [0.717, 1.165) is 69.7 Å². The van der Waals surface area contributed by atoms with E-state index in [9.17, 15) is 9.18 Å². The highest BCUT2D eigenvalue weighted by atomic mass is 19.1. The Morgan fingerprint density at radius 1 is 1.13 bits per heavy atom. The number of hydrogen-bond donors (Lipinski definition) is 1. The van der Waals surface area contributed by atoms with Gasteiger partial charge in [0.2, 0.25) is 0 Å². The predicted molar refractivity (Wildman–Crippen MR) is 178 cm³/mol. The van der Waals surface area contributed by atoms with Crippen molar-refractivity contribution in [1.82, 2.24) is 25.4 Å². The molecule has 4 fully saturated rings. The van der Waals surface area contributed by atoms with E-state index in [1.807, 2.05) is 27.7 Å². The number of likely N-dealkylation sites (tertiary alicyclic amines) is 1. The van der Waals surface area contributed by atoms with Crippen molar-refractivity contribution in [2.75, 3.05) is 31.1 Å². The first-order chi connectivity index (χ1) is 22.4. The van der Waals surface area contributed by atoms with Crippen LogP contribution in [0.5, 0.6) is 11.6 Å². The molecule has 0 bridgehead atoms. The lowest BCUT2D eigenvalue weighted by Gasteiger charge is -2.56. The fraction of sp³-hybridized carbons (Fsp3) is 0.657. The topological polar surface area (TPSA) is 117 Å². The van der Waals surface area contributed by atoms with Crippen LogP contribution in [0.25, 0.3) is 0 Å². The normalized spacial score (nSPS) is 26.0. The maximum Gasteiger partial charge on any atom is 0.407 e. The van der Waals surface area contributed by atoms with Gasteiger partial charge in [0.05, 0.1) is 17.3 Å². The van der Waals surface area contributed by atoms with E-state index in [1.54, 1.807) is 6.07 Å². The first-order valence-corrected chi connectivity index (χ1v) is 17.1. The van der Waals surface area contributed by atoms with Crippen LogP contribution in [-0.4, -0.2) is 81.5 Å². The first-order valence-electron chi connectivity index (χ1n) is 17.1. The number of ether oxygens (including phenoxy) is 2. The SMILES string of the molecule is CC1=NN=C(C2CC2)C1c1cc(F)ccc1Oc1nncnc1N1CCC2(C1)CN([C@H](C(C)C)C1CC(NC(=O)OC(C)(C)C)C1)C2. The fourth-order valence-corrected chi connectivity index (χ4v) is 8.23. The van der Waals surface area contributed by atoms with Crippen molar-refractivity contribution in [2.24, 2.45) is 33.4 Å². The van der Waals surface area contributed by atoms with Crippen LogP contribution in [0.15, 0.2) is 34.7 Å². The third-order valence-electron chi connectivity index (χ3n) is 10.4. The lowest BCUT2D eigenvalue weighted by atomic mass is 9.68. The van der Waals surface area contributed by atoms with Gasteiger partial charge in [0.25, 0.3) is 5.88 Å². The van der Waals surface area contributed by atoms with Gasteiger partial charge in [-0.05, 0) is 89.8 Å². The van der Waals surface area contributed by atoms with Crippen molar-refractivity contribution in [3.63, 3.8) is 0 Å². The zero-order chi connectivity index (χ0) is 33.1. The molecule has 252 valence electrons. The molecule has 7 rings (SSSR count). The zero-order valence-corrected chi connectivity index (χ0v) is 28.4. The maximum atomic E-state index is 14.6. The van der Waals surface area contributed by atoms with Crippen molar-refractivity contribution >= 4 is 23.3 Å². The summed E-state index contributed by atoms with van der Waals surface area (Å²) in [5.41, 5.74) is 2.22. The number of halogens is 1. The summed E-state index contributed by atoms with van der Waals surface area (Å²) in [7, 11) is 0. The molecule has 1 spiro atoms. The number of alkyl carbamates (subject to hydrolysis) is 1.